The topological polar surface area (TPSA) is 62.1 Å². The molecular weight excluding hydrogens is 398 g/mol. The molecule has 2 atom stereocenters. The van der Waals surface area contributed by atoms with Gasteiger partial charge in [-0.25, -0.2) is 8.42 Å². The Balaban J connectivity index is 1.30. The summed E-state index contributed by atoms with van der Waals surface area (Å²) in [6.07, 6.45) is 6.44. The molecule has 1 saturated carbocycles. The van der Waals surface area contributed by atoms with Crippen molar-refractivity contribution in [3.05, 3.63) is 29.3 Å². The minimum absolute atomic E-state index is 0.250. The van der Waals surface area contributed by atoms with E-state index in [1.165, 1.54) is 30.6 Å². The number of amides is 1. The van der Waals surface area contributed by atoms with E-state index in [4.69, 9.17) is 0 Å². The fraction of sp³-hybridized carbons (Fsp3) is 0.696. The summed E-state index contributed by atoms with van der Waals surface area (Å²) >= 11 is 0. The van der Waals surface area contributed by atoms with Crippen LogP contribution in [0.25, 0.3) is 0 Å². The number of hydrogen-bond donors (Lipinski definition) is 1. The molecule has 1 aromatic rings. The molecule has 2 heterocycles. The first-order chi connectivity index (χ1) is 14.3. The van der Waals surface area contributed by atoms with Crippen molar-refractivity contribution in [3.63, 3.8) is 0 Å². The van der Waals surface area contributed by atoms with E-state index < -0.39 is 10.0 Å². The van der Waals surface area contributed by atoms with Crippen LogP contribution in [0, 0.1) is 25.7 Å². The van der Waals surface area contributed by atoms with Crippen LogP contribution >= 0.6 is 0 Å². The van der Waals surface area contributed by atoms with Crippen molar-refractivity contribution in [2.45, 2.75) is 50.8 Å². The fourth-order valence-electron chi connectivity index (χ4n) is 5.40. The van der Waals surface area contributed by atoms with Crippen molar-refractivity contribution in [2.24, 2.45) is 11.8 Å². The fourth-order valence-corrected chi connectivity index (χ4v) is 6.92. The van der Waals surface area contributed by atoms with E-state index in [-0.39, 0.29) is 5.91 Å². The van der Waals surface area contributed by atoms with Gasteiger partial charge in [-0.05, 0) is 61.8 Å². The molecule has 2 aliphatic heterocycles. The lowest BCUT2D eigenvalue weighted by Gasteiger charge is -2.41. The van der Waals surface area contributed by atoms with Crippen LogP contribution in [0.3, 0.4) is 0 Å². The molecule has 0 radical (unpaired) electrons. The van der Waals surface area contributed by atoms with Crippen LogP contribution in [0.1, 0.15) is 43.2 Å². The van der Waals surface area contributed by atoms with E-state index in [2.05, 4.69) is 4.90 Å². The summed E-state index contributed by atoms with van der Waals surface area (Å²) in [6.45, 7) is 8.59. The lowest BCUT2D eigenvalue weighted by atomic mass is 9.75. The highest BCUT2D eigenvalue weighted by Gasteiger charge is 2.35. The molecule has 0 aromatic heterocycles. The highest BCUT2D eigenvalue weighted by Crippen LogP contribution is 2.35. The number of piperidine rings is 1. The number of rotatable bonds is 4. The Bertz CT molecular complexity index is 878. The van der Waals surface area contributed by atoms with Crippen LogP contribution in [0.4, 0.5) is 0 Å². The standard InChI is InChI=1S/C23H35N3O3S/c1-18-7-8-22(15-19(18)2)30(28,29)26-13-11-24(12-14-26)17-23(27)25-10-9-20-5-3-4-6-21(20)16-25/h7-8,15,20-21H,3-6,9-14,16-17H2,1-2H3/p+1/t20-,21-/m0/s1. The number of piperazine rings is 1. The van der Waals surface area contributed by atoms with Gasteiger partial charge in [-0.1, -0.05) is 25.3 Å². The smallest absolute Gasteiger partial charge is 0.277 e. The summed E-state index contributed by atoms with van der Waals surface area (Å²) in [5.74, 6) is 1.78. The zero-order valence-corrected chi connectivity index (χ0v) is 19.2. The number of fused-ring (bicyclic) bond motifs is 1. The molecule has 4 rings (SSSR count). The quantitative estimate of drug-likeness (QED) is 0.775. The summed E-state index contributed by atoms with van der Waals surface area (Å²) in [4.78, 5) is 16.5. The Labute approximate surface area is 181 Å². The van der Waals surface area contributed by atoms with Crippen molar-refractivity contribution < 1.29 is 18.1 Å². The molecule has 1 N–H and O–H groups in total. The highest BCUT2D eigenvalue weighted by atomic mass is 32.2. The number of nitrogens with one attached hydrogen (secondary N) is 1. The second kappa shape index (κ2) is 8.97. The summed E-state index contributed by atoms with van der Waals surface area (Å²) < 4.78 is 27.6. The maximum atomic E-state index is 13.0. The summed E-state index contributed by atoms with van der Waals surface area (Å²) in [5, 5.41) is 0. The third-order valence-electron chi connectivity index (χ3n) is 7.59. The SMILES string of the molecule is Cc1ccc(S(=O)(=O)N2CC[NH+](CC(=O)N3CC[C@@H]4CCCC[C@H]4C3)CC2)cc1C. The van der Waals surface area contributed by atoms with E-state index in [1.807, 2.05) is 19.9 Å². The number of nitrogens with zero attached hydrogens (tertiary/aromatic N) is 2. The third kappa shape index (κ3) is 4.58. The molecule has 0 bridgehead atoms. The predicted octanol–water partition coefficient (Wildman–Crippen LogP) is 1.23. The van der Waals surface area contributed by atoms with Crippen LogP contribution in [0.15, 0.2) is 23.1 Å². The van der Waals surface area contributed by atoms with E-state index >= 15 is 0 Å². The molecule has 7 heteroatoms. The predicted molar refractivity (Wildman–Crippen MR) is 117 cm³/mol. The highest BCUT2D eigenvalue weighted by molar-refractivity contribution is 7.89. The lowest BCUT2D eigenvalue weighted by molar-refractivity contribution is -0.896. The van der Waals surface area contributed by atoms with E-state index in [0.29, 0.717) is 43.5 Å². The van der Waals surface area contributed by atoms with Crippen LogP contribution < -0.4 is 4.90 Å². The second-order valence-electron chi connectivity index (χ2n) is 9.51. The van der Waals surface area contributed by atoms with Crippen LogP contribution in [0.5, 0.6) is 0 Å². The van der Waals surface area contributed by atoms with Gasteiger partial charge >= 0.3 is 0 Å². The van der Waals surface area contributed by atoms with Gasteiger partial charge in [0.1, 0.15) is 0 Å². The number of sulfonamides is 1. The second-order valence-corrected chi connectivity index (χ2v) is 11.4. The molecule has 1 aliphatic carbocycles. The monoisotopic (exact) mass is 434 g/mol. The lowest BCUT2D eigenvalue weighted by Crippen LogP contribution is -3.15. The average molecular weight is 435 g/mol. The van der Waals surface area contributed by atoms with Crippen LogP contribution in [0.2, 0.25) is 0 Å². The van der Waals surface area contributed by atoms with E-state index in [0.717, 1.165) is 36.6 Å². The summed E-state index contributed by atoms with van der Waals surface area (Å²) in [5.41, 5.74) is 2.09. The number of aryl methyl sites for hydroxylation is 2. The Morgan fingerprint density at radius 1 is 1.00 bits per heavy atom. The van der Waals surface area contributed by atoms with Crippen molar-refractivity contribution >= 4 is 15.9 Å². The average Bonchev–Trinajstić information content (AvgIpc) is 2.75. The molecule has 3 aliphatic rings. The van der Waals surface area contributed by atoms with Gasteiger partial charge in [-0.3, -0.25) is 4.79 Å². The number of carbonyl (C=O) groups excluding carboxylic acids is 1. The normalized spacial score (nSPS) is 26.4. The van der Waals surface area contributed by atoms with Crippen LogP contribution in [-0.2, 0) is 14.8 Å². The first-order valence-corrected chi connectivity index (χ1v) is 13.0. The maximum Gasteiger partial charge on any atom is 0.277 e. The van der Waals surface area contributed by atoms with Crippen LogP contribution in [-0.4, -0.2) is 69.3 Å². The van der Waals surface area contributed by atoms with Gasteiger partial charge in [0.2, 0.25) is 10.0 Å². The van der Waals surface area contributed by atoms with Gasteiger partial charge < -0.3 is 9.80 Å². The largest absolute Gasteiger partial charge is 0.338 e. The zero-order chi connectivity index (χ0) is 21.3. The first kappa shape index (κ1) is 21.8. The summed E-state index contributed by atoms with van der Waals surface area (Å²) in [7, 11) is -3.46. The van der Waals surface area contributed by atoms with Gasteiger partial charge in [0, 0.05) is 13.1 Å². The van der Waals surface area contributed by atoms with Crippen molar-refractivity contribution in [3.8, 4) is 0 Å². The van der Waals surface area contributed by atoms with Crippen molar-refractivity contribution in [1.82, 2.24) is 9.21 Å². The number of carbonyl (C=O) groups is 1. The molecule has 6 nitrogen and oxygen atoms in total. The molecule has 166 valence electrons. The first-order valence-electron chi connectivity index (χ1n) is 11.5. The van der Waals surface area contributed by atoms with Gasteiger partial charge in [0.25, 0.3) is 5.91 Å². The van der Waals surface area contributed by atoms with Gasteiger partial charge in [0.05, 0.1) is 31.1 Å². The molecule has 30 heavy (non-hydrogen) atoms. The number of benzene rings is 1. The minimum atomic E-state index is -3.46. The number of likely N-dealkylation sites (tertiary alicyclic amines) is 1. The minimum Gasteiger partial charge on any atom is -0.338 e. The maximum absolute atomic E-state index is 13.0. The molecular formula is C23H36N3O3S+. The van der Waals surface area contributed by atoms with Gasteiger partial charge in [0.15, 0.2) is 6.54 Å². The van der Waals surface area contributed by atoms with Gasteiger partial charge in [-0.15, -0.1) is 0 Å². The Morgan fingerprint density at radius 2 is 1.70 bits per heavy atom. The van der Waals surface area contributed by atoms with Crippen molar-refractivity contribution in [2.75, 3.05) is 45.8 Å². The van der Waals surface area contributed by atoms with Gasteiger partial charge in [-0.2, -0.15) is 4.31 Å². The molecule has 1 aromatic carbocycles. The van der Waals surface area contributed by atoms with E-state index in [9.17, 15) is 13.2 Å². The Morgan fingerprint density at radius 3 is 2.40 bits per heavy atom. The Kier molecular flexibility index (Phi) is 6.51. The number of hydrogen-bond acceptors (Lipinski definition) is 3. The molecule has 0 spiro atoms. The zero-order valence-electron chi connectivity index (χ0n) is 18.4. The summed E-state index contributed by atoms with van der Waals surface area (Å²) in [6, 6.07) is 5.34. The molecule has 1 amide bonds. The van der Waals surface area contributed by atoms with E-state index in [1.54, 1.807) is 16.4 Å². The molecule has 3 fully saturated rings. The molecule has 0 unspecified atom stereocenters. The Hall–Kier alpha value is -1.44. The third-order valence-corrected chi connectivity index (χ3v) is 9.49. The van der Waals surface area contributed by atoms with Crippen molar-refractivity contribution in [1.29, 1.82) is 0 Å². The number of quaternary nitrogens is 1. The molecule has 2 saturated heterocycles.